The summed E-state index contributed by atoms with van der Waals surface area (Å²) in [5.74, 6) is 0.269. The van der Waals surface area contributed by atoms with Gasteiger partial charge in [0.1, 0.15) is 11.6 Å². The van der Waals surface area contributed by atoms with Crippen LogP contribution in [0.5, 0.6) is 5.75 Å². The van der Waals surface area contributed by atoms with Crippen LogP contribution in [0.25, 0.3) is 6.08 Å². The number of rotatable bonds is 7. The molecule has 0 radical (unpaired) electrons. The molecule has 1 amide bonds. The first-order valence-electron chi connectivity index (χ1n) is 10.7. The minimum atomic E-state index is -0.304. The minimum Gasteiger partial charge on any atom is -0.491 e. The normalized spacial score (nSPS) is 16.5. The van der Waals surface area contributed by atoms with Crippen LogP contribution in [-0.2, 0) is 4.79 Å². The Bertz CT molecular complexity index is 925. The number of amides is 1. The Labute approximate surface area is 184 Å². The van der Waals surface area contributed by atoms with Crippen LogP contribution < -0.4 is 14.5 Å². The number of likely N-dealkylation sites (N-methyl/N-ethyl adjacent to an activating group) is 2. The average molecular weight is 426 g/mol. The van der Waals surface area contributed by atoms with Crippen molar-refractivity contribution in [2.45, 2.75) is 32.4 Å². The predicted octanol–water partition coefficient (Wildman–Crippen LogP) is 4.43. The molecule has 1 heterocycles. The molecule has 0 aromatic heterocycles. The van der Waals surface area contributed by atoms with E-state index in [0.29, 0.717) is 17.4 Å². The van der Waals surface area contributed by atoms with Crippen LogP contribution in [0.3, 0.4) is 0 Å². The molecular formula is C25H32FN3O2. The number of hydrogen-bond acceptors (Lipinski definition) is 4. The SMILES string of the molecule is CC(C)Oc1ccc(/C=C/C(=O)N(C)c2ccc(N3CCC(N(C)C)C3)c(F)c2)cc1. The molecule has 1 aliphatic rings. The van der Waals surface area contributed by atoms with E-state index in [0.717, 1.165) is 30.8 Å². The van der Waals surface area contributed by atoms with Crippen molar-refractivity contribution in [1.29, 1.82) is 0 Å². The second-order valence-electron chi connectivity index (χ2n) is 8.45. The van der Waals surface area contributed by atoms with E-state index in [1.54, 1.807) is 25.3 Å². The second kappa shape index (κ2) is 9.96. The van der Waals surface area contributed by atoms with Crippen LogP contribution in [0.4, 0.5) is 15.8 Å². The van der Waals surface area contributed by atoms with Crippen LogP contribution >= 0.6 is 0 Å². The molecule has 1 saturated heterocycles. The summed E-state index contributed by atoms with van der Waals surface area (Å²) in [4.78, 5) is 18.3. The lowest BCUT2D eigenvalue weighted by Gasteiger charge is -2.23. The van der Waals surface area contributed by atoms with Crippen molar-refractivity contribution in [2.75, 3.05) is 44.0 Å². The third-order valence-corrected chi connectivity index (χ3v) is 5.55. The summed E-state index contributed by atoms with van der Waals surface area (Å²) in [6, 6.07) is 13.0. The molecule has 166 valence electrons. The molecule has 1 fully saturated rings. The molecule has 0 aliphatic carbocycles. The van der Waals surface area contributed by atoms with Gasteiger partial charge >= 0.3 is 0 Å². The molecule has 1 aliphatic heterocycles. The van der Waals surface area contributed by atoms with Crippen molar-refractivity contribution in [3.05, 3.63) is 59.9 Å². The van der Waals surface area contributed by atoms with Crippen LogP contribution in [0.2, 0.25) is 0 Å². The van der Waals surface area contributed by atoms with Gasteiger partial charge in [0.25, 0.3) is 5.91 Å². The minimum absolute atomic E-state index is 0.114. The van der Waals surface area contributed by atoms with E-state index in [1.807, 2.05) is 38.1 Å². The largest absolute Gasteiger partial charge is 0.491 e. The van der Waals surface area contributed by atoms with E-state index in [1.165, 1.54) is 17.0 Å². The van der Waals surface area contributed by atoms with Gasteiger partial charge in [0.05, 0.1) is 11.8 Å². The van der Waals surface area contributed by atoms with Gasteiger partial charge in [0.15, 0.2) is 0 Å². The van der Waals surface area contributed by atoms with Gasteiger partial charge in [-0.15, -0.1) is 0 Å². The Morgan fingerprint density at radius 2 is 1.87 bits per heavy atom. The van der Waals surface area contributed by atoms with Gasteiger partial charge in [-0.25, -0.2) is 4.39 Å². The van der Waals surface area contributed by atoms with Crippen LogP contribution in [0.15, 0.2) is 48.5 Å². The molecule has 6 heteroatoms. The molecular weight excluding hydrogens is 393 g/mol. The smallest absolute Gasteiger partial charge is 0.250 e. The molecule has 3 rings (SSSR count). The number of nitrogens with zero attached hydrogens (tertiary/aromatic N) is 3. The van der Waals surface area contributed by atoms with Crippen LogP contribution in [0.1, 0.15) is 25.8 Å². The van der Waals surface area contributed by atoms with Gasteiger partial charge in [-0.3, -0.25) is 4.79 Å². The third-order valence-electron chi connectivity index (χ3n) is 5.55. The van der Waals surface area contributed by atoms with Gasteiger partial charge in [-0.05, 0) is 76.3 Å². The molecule has 2 aromatic rings. The van der Waals surface area contributed by atoms with Crippen molar-refractivity contribution in [1.82, 2.24) is 4.90 Å². The van der Waals surface area contributed by atoms with Crippen molar-refractivity contribution >= 4 is 23.4 Å². The van der Waals surface area contributed by atoms with Crippen LogP contribution in [-0.4, -0.2) is 57.2 Å². The first-order chi connectivity index (χ1) is 14.7. The van der Waals surface area contributed by atoms with E-state index in [-0.39, 0.29) is 17.8 Å². The summed E-state index contributed by atoms with van der Waals surface area (Å²) in [6.45, 7) is 5.59. The lowest BCUT2D eigenvalue weighted by molar-refractivity contribution is -0.113. The zero-order valence-electron chi connectivity index (χ0n) is 19.0. The summed E-state index contributed by atoms with van der Waals surface area (Å²) < 4.78 is 20.4. The number of carbonyl (C=O) groups is 1. The fourth-order valence-electron chi connectivity index (χ4n) is 3.68. The first kappa shape index (κ1) is 22.8. The number of hydrogen-bond donors (Lipinski definition) is 0. The topological polar surface area (TPSA) is 36.0 Å². The number of halogens is 1. The fraction of sp³-hybridized carbons (Fsp3) is 0.400. The third kappa shape index (κ3) is 5.85. The molecule has 5 nitrogen and oxygen atoms in total. The highest BCUT2D eigenvalue weighted by molar-refractivity contribution is 6.03. The maximum absolute atomic E-state index is 14.8. The number of carbonyl (C=O) groups excluding carboxylic acids is 1. The summed E-state index contributed by atoms with van der Waals surface area (Å²) in [6.07, 6.45) is 4.37. The first-order valence-corrected chi connectivity index (χ1v) is 10.7. The van der Waals surface area contributed by atoms with Crippen molar-refractivity contribution in [3.8, 4) is 5.75 Å². The van der Waals surface area contributed by atoms with Crippen molar-refractivity contribution < 1.29 is 13.9 Å². The lowest BCUT2D eigenvalue weighted by Crippen LogP contribution is -2.31. The van der Waals surface area contributed by atoms with E-state index in [9.17, 15) is 9.18 Å². The van der Waals surface area contributed by atoms with E-state index in [4.69, 9.17) is 4.74 Å². The molecule has 31 heavy (non-hydrogen) atoms. The van der Waals surface area contributed by atoms with E-state index in [2.05, 4.69) is 23.9 Å². The zero-order chi connectivity index (χ0) is 22.5. The molecule has 0 N–H and O–H groups in total. The van der Waals surface area contributed by atoms with Gasteiger partial charge in [0, 0.05) is 37.9 Å². The van der Waals surface area contributed by atoms with Gasteiger partial charge in [-0.2, -0.15) is 0 Å². The monoisotopic (exact) mass is 425 g/mol. The molecule has 1 unspecified atom stereocenters. The van der Waals surface area contributed by atoms with Gasteiger partial charge in [0.2, 0.25) is 0 Å². The summed E-state index contributed by atoms with van der Waals surface area (Å²) in [5, 5.41) is 0. The molecule has 0 spiro atoms. The van der Waals surface area contributed by atoms with Crippen molar-refractivity contribution in [3.63, 3.8) is 0 Å². The molecule has 2 aromatic carbocycles. The fourth-order valence-corrected chi connectivity index (χ4v) is 3.68. The Balaban J connectivity index is 1.64. The summed E-state index contributed by atoms with van der Waals surface area (Å²) in [5.41, 5.74) is 2.01. The highest BCUT2D eigenvalue weighted by atomic mass is 19.1. The number of ether oxygens (including phenoxy) is 1. The zero-order valence-corrected chi connectivity index (χ0v) is 19.0. The van der Waals surface area contributed by atoms with Crippen molar-refractivity contribution in [2.24, 2.45) is 0 Å². The second-order valence-corrected chi connectivity index (χ2v) is 8.45. The Morgan fingerprint density at radius 3 is 2.45 bits per heavy atom. The summed E-state index contributed by atoms with van der Waals surface area (Å²) >= 11 is 0. The molecule has 1 atom stereocenters. The maximum atomic E-state index is 14.8. The summed E-state index contributed by atoms with van der Waals surface area (Å²) in [7, 11) is 5.75. The Morgan fingerprint density at radius 1 is 1.16 bits per heavy atom. The number of anilines is 2. The molecule has 0 bridgehead atoms. The Hall–Kier alpha value is -2.86. The van der Waals surface area contributed by atoms with Crippen LogP contribution in [0, 0.1) is 5.82 Å². The predicted molar refractivity (Wildman–Crippen MR) is 125 cm³/mol. The van der Waals surface area contributed by atoms with E-state index >= 15 is 0 Å². The standard InChI is InChI=1S/C25H32FN3O2/c1-18(2)31-22-10-6-19(7-11-22)8-13-25(30)28(5)20-9-12-24(23(26)16-20)29-15-14-21(17-29)27(3)4/h6-13,16,18,21H,14-15,17H2,1-5H3/b13-8+. The average Bonchev–Trinajstić information content (AvgIpc) is 3.22. The molecule has 0 saturated carbocycles. The maximum Gasteiger partial charge on any atom is 0.250 e. The van der Waals surface area contributed by atoms with Gasteiger partial charge < -0.3 is 19.4 Å². The van der Waals surface area contributed by atoms with E-state index < -0.39 is 0 Å². The lowest BCUT2D eigenvalue weighted by atomic mass is 10.2. The Kier molecular flexibility index (Phi) is 7.33. The van der Waals surface area contributed by atoms with Gasteiger partial charge in [-0.1, -0.05) is 12.1 Å². The highest BCUT2D eigenvalue weighted by Gasteiger charge is 2.26. The highest BCUT2D eigenvalue weighted by Crippen LogP contribution is 2.28. The number of benzene rings is 2. The quantitative estimate of drug-likeness (QED) is 0.615.